The van der Waals surface area contributed by atoms with Gasteiger partial charge in [0.2, 0.25) is 0 Å². The summed E-state index contributed by atoms with van der Waals surface area (Å²) in [6, 6.07) is 3.55. The summed E-state index contributed by atoms with van der Waals surface area (Å²) >= 11 is 0. The number of rotatable bonds is 6. The molecule has 2 N–H and O–H groups in total. The largest absolute Gasteiger partial charge is 0.481 e. The van der Waals surface area contributed by atoms with E-state index >= 15 is 0 Å². The zero-order valence-corrected chi connectivity index (χ0v) is 10.6. The van der Waals surface area contributed by atoms with Gasteiger partial charge < -0.3 is 10.4 Å². The van der Waals surface area contributed by atoms with Crippen molar-refractivity contribution in [2.24, 2.45) is 0 Å². The van der Waals surface area contributed by atoms with Crippen molar-refractivity contribution < 1.29 is 14.7 Å². The summed E-state index contributed by atoms with van der Waals surface area (Å²) in [5.41, 5.74) is 1.25. The van der Waals surface area contributed by atoms with Gasteiger partial charge in [0.25, 0.3) is 5.91 Å². The molecular weight excluding hydrogens is 232 g/mol. The Kier molecular flexibility index (Phi) is 5.30. The lowest BCUT2D eigenvalue weighted by Crippen LogP contribution is -2.33. The van der Waals surface area contributed by atoms with Crippen LogP contribution in [0, 0.1) is 6.92 Å². The molecule has 1 amide bonds. The Hall–Kier alpha value is -1.91. The molecule has 0 bridgehead atoms. The SMILES string of the molecule is Cc1cccnc1C(=O)NC(C)CCCC(=O)O. The number of aliphatic carboxylic acids is 1. The first kappa shape index (κ1) is 14.2. The van der Waals surface area contributed by atoms with Gasteiger partial charge >= 0.3 is 5.97 Å². The molecule has 0 saturated carbocycles. The number of aryl methyl sites for hydroxylation is 1. The molecule has 5 heteroatoms. The topological polar surface area (TPSA) is 79.3 Å². The van der Waals surface area contributed by atoms with Gasteiger partial charge in [0.15, 0.2) is 0 Å². The highest BCUT2D eigenvalue weighted by molar-refractivity contribution is 5.93. The number of hydrogen-bond acceptors (Lipinski definition) is 3. The Labute approximate surface area is 106 Å². The highest BCUT2D eigenvalue weighted by atomic mass is 16.4. The van der Waals surface area contributed by atoms with E-state index < -0.39 is 5.97 Å². The zero-order chi connectivity index (χ0) is 13.5. The van der Waals surface area contributed by atoms with Gasteiger partial charge in [-0.2, -0.15) is 0 Å². The molecular formula is C13H18N2O3. The van der Waals surface area contributed by atoms with Crippen LogP contribution in [0.5, 0.6) is 0 Å². The van der Waals surface area contributed by atoms with Gasteiger partial charge in [-0.25, -0.2) is 0 Å². The summed E-state index contributed by atoms with van der Waals surface area (Å²) in [5.74, 6) is -1.02. The maximum absolute atomic E-state index is 11.9. The van der Waals surface area contributed by atoms with Crippen molar-refractivity contribution in [1.29, 1.82) is 0 Å². The van der Waals surface area contributed by atoms with E-state index in [1.807, 2.05) is 19.9 Å². The van der Waals surface area contributed by atoms with Crippen LogP contribution in [0.15, 0.2) is 18.3 Å². The van der Waals surface area contributed by atoms with Gasteiger partial charge in [0.1, 0.15) is 5.69 Å². The second-order valence-corrected chi connectivity index (χ2v) is 4.33. The minimum Gasteiger partial charge on any atom is -0.481 e. The monoisotopic (exact) mass is 250 g/mol. The number of nitrogens with zero attached hydrogens (tertiary/aromatic N) is 1. The molecule has 0 aliphatic rings. The van der Waals surface area contributed by atoms with Crippen molar-refractivity contribution in [3.8, 4) is 0 Å². The van der Waals surface area contributed by atoms with Crippen LogP contribution in [0.3, 0.4) is 0 Å². The second-order valence-electron chi connectivity index (χ2n) is 4.33. The quantitative estimate of drug-likeness (QED) is 0.806. The number of pyridine rings is 1. The first-order valence-electron chi connectivity index (χ1n) is 5.95. The van der Waals surface area contributed by atoms with Crippen LogP contribution in [0.4, 0.5) is 0 Å². The van der Waals surface area contributed by atoms with E-state index in [-0.39, 0.29) is 18.4 Å². The number of hydrogen-bond donors (Lipinski definition) is 2. The van der Waals surface area contributed by atoms with Crippen LogP contribution in [0.2, 0.25) is 0 Å². The molecule has 1 unspecified atom stereocenters. The molecule has 1 rings (SSSR count). The van der Waals surface area contributed by atoms with Crippen LogP contribution >= 0.6 is 0 Å². The summed E-state index contributed by atoms with van der Waals surface area (Å²) in [6.45, 7) is 3.69. The fraction of sp³-hybridized carbons (Fsp3) is 0.462. The summed E-state index contributed by atoms with van der Waals surface area (Å²) in [5, 5.41) is 11.3. The Morgan fingerprint density at radius 3 is 2.83 bits per heavy atom. The Bertz CT molecular complexity index is 432. The van der Waals surface area contributed by atoms with E-state index in [4.69, 9.17) is 5.11 Å². The summed E-state index contributed by atoms with van der Waals surface area (Å²) in [6.07, 6.45) is 2.90. The standard InChI is InChI=1S/C13H18N2O3/c1-9-5-4-8-14-12(9)13(18)15-10(2)6-3-7-11(16)17/h4-5,8,10H,3,6-7H2,1-2H3,(H,15,18)(H,16,17). The van der Waals surface area contributed by atoms with E-state index in [0.29, 0.717) is 18.5 Å². The number of amides is 1. The molecule has 0 aliphatic heterocycles. The average Bonchev–Trinajstić information content (AvgIpc) is 2.28. The molecule has 0 fully saturated rings. The third-order valence-electron chi connectivity index (χ3n) is 2.63. The first-order chi connectivity index (χ1) is 8.50. The zero-order valence-electron chi connectivity index (χ0n) is 10.6. The predicted octanol–water partition coefficient (Wildman–Crippen LogP) is 1.76. The minimum absolute atomic E-state index is 0.0572. The summed E-state index contributed by atoms with van der Waals surface area (Å²) in [7, 11) is 0. The Balaban J connectivity index is 2.45. The molecule has 0 radical (unpaired) electrons. The van der Waals surface area contributed by atoms with E-state index in [9.17, 15) is 9.59 Å². The molecule has 5 nitrogen and oxygen atoms in total. The first-order valence-corrected chi connectivity index (χ1v) is 5.95. The van der Waals surface area contributed by atoms with Crippen molar-refractivity contribution in [2.75, 3.05) is 0 Å². The van der Waals surface area contributed by atoms with E-state index in [1.54, 1.807) is 12.3 Å². The smallest absolute Gasteiger partial charge is 0.303 e. The Morgan fingerprint density at radius 1 is 1.50 bits per heavy atom. The maximum Gasteiger partial charge on any atom is 0.303 e. The van der Waals surface area contributed by atoms with Gasteiger partial charge in [-0.05, 0) is 38.3 Å². The van der Waals surface area contributed by atoms with Gasteiger partial charge in [0, 0.05) is 18.7 Å². The summed E-state index contributed by atoms with van der Waals surface area (Å²) < 4.78 is 0. The third kappa shape index (κ3) is 4.53. The van der Waals surface area contributed by atoms with Crippen LogP contribution in [-0.2, 0) is 4.79 Å². The maximum atomic E-state index is 11.9. The summed E-state index contributed by atoms with van der Waals surface area (Å²) in [4.78, 5) is 26.3. The molecule has 0 saturated heterocycles. The molecule has 98 valence electrons. The lowest BCUT2D eigenvalue weighted by Gasteiger charge is -2.13. The van der Waals surface area contributed by atoms with Crippen molar-refractivity contribution >= 4 is 11.9 Å². The molecule has 18 heavy (non-hydrogen) atoms. The van der Waals surface area contributed by atoms with E-state index in [1.165, 1.54) is 0 Å². The van der Waals surface area contributed by atoms with Gasteiger partial charge in [-0.1, -0.05) is 6.07 Å². The number of carbonyl (C=O) groups is 2. The number of aromatic nitrogens is 1. The van der Waals surface area contributed by atoms with Gasteiger partial charge in [-0.15, -0.1) is 0 Å². The normalized spacial score (nSPS) is 11.9. The average molecular weight is 250 g/mol. The number of carboxylic acids is 1. The molecule has 0 spiro atoms. The Morgan fingerprint density at radius 2 is 2.22 bits per heavy atom. The van der Waals surface area contributed by atoms with Gasteiger partial charge in [0.05, 0.1) is 0 Å². The lowest BCUT2D eigenvalue weighted by atomic mass is 10.1. The van der Waals surface area contributed by atoms with Crippen molar-refractivity contribution in [3.05, 3.63) is 29.6 Å². The molecule has 1 aromatic heterocycles. The number of carboxylic acid groups (broad SMARTS) is 1. The van der Waals surface area contributed by atoms with Crippen molar-refractivity contribution in [1.82, 2.24) is 10.3 Å². The van der Waals surface area contributed by atoms with Crippen LogP contribution in [0.1, 0.15) is 42.2 Å². The molecule has 1 aromatic rings. The highest BCUT2D eigenvalue weighted by Crippen LogP contribution is 2.05. The fourth-order valence-electron chi connectivity index (χ4n) is 1.65. The lowest BCUT2D eigenvalue weighted by molar-refractivity contribution is -0.137. The molecule has 1 atom stereocenters. The minimum atomic E-state index is -0.811. The van der Waals surface area contributed by atoms with E-state index in [0.717, 1.165) is 5.56 Å². The molecule has 0 aromatic carbocycles. The van der Waals surface area contributed by atoms with Gasteiger partial charge in [-0.3, -0.25) is 14.6 Å². The molecule has 0 aliphatic carbocycles. The third-order valence-corrected chi connectivity index (χ3v) is 2.63. The number of carbonyl (C=O) groups excluding carboxylic acids is 1. The van der Waals surface area contributed by atoms with E-state index in [2.05, 4.69) is 10.3 Å². The van der Waals surface area contributed by atoms with Crippen LogP contribution < -0.4 is 5.32 Å². The molecule has 1 heterocycles. The van der Waals surface area contributed by atoms with Crippen molar-refractivity contribution in [3.63, 3.8) is 0 Å². The van der Waals surface area contributed by atoms with Crippen LogP contribution in [-0.4, -0.2) is 28.0 Å². The predicted molar refractivity (Wildman–Crippen MR) is 67.4 cm³/mol. The van der Waals surface area contributed by atoms with Crippen LogP contribution in [0.25, 0.3) is 0 Å². The number of nitrogens with one attached hydrogen (secondary N) is 1. The second kappa shape index (κ2) is 6.74. The van der Waals surface area contributed by atoms with Crippen molar-refractivity contribution in [2.45, 2.75) is 39.2 Å². The highest BCUT2D eigenvalue weighted by Gasteiger charge is 2.13. The fourth-order valence-corrected chi connectivity index (χ4v) is 1.65.